The lowest BCUT2D eigenvalue weighted by Crippen LogP contribution is -2.48. The number of rotatable bonds is 6. The van der Waals surface area contributed by atoms with E-state index in [1.807, 2.05) is 30.4 Å². The van der Waals surface area contributed by atoms with Gasteiger partial charge in [-0.05, 0) is 12.8 Å². The summed E-state index contributed by atoms with van der Waals surface area (Å²) in [6, 6.07) is 0. The van der Waals surface area contributed by atoms with Crippen molar-refractivity contribution in [3.8, 4) is 0 Å². The third-order valence-corrected chi connectivity index (χ3v) is 6.77. The van der Waals surface area contributed by atoms with Gasteiger partial charge in [0.15, 0.2) is 5.96 Å². The highest BCUT2D eigenvalue weighted by Gasteiger charge is 2.21. The SMILES string of the molecule is CCC1CN(C(=NC)NCCCSc2nccs2)CCS1.I. The smallest absolute Gasteiger partial charge is 0.193 e. The van der Waals surface area contributed by atoms with Crippen LogP contribution in [0.25, 0.3) is 0 Å². The number of guanidine groups is 1. The summed E-state index contributed by atoms with van der Waals surface area (Å²) in [5.41, 5.74) is 0. The Kier molecular flexibility index (Phi) is 10.9. The Labute approximate surface area is 163 Å². The van der Waals surface area contributed by atoms with Gasteiger partial charge in [-0.15, -0.1) is 35.3 Å². The first kappa shape index (κ1) is 20.4. The van der Waals surface area contributed by atoms with Crippen molar-refractivity contribution in [3.05, 3.63) is 11.6 Å². The van der Waals surface area contributed by atoms with E-state index in [0.717, 1.165) is 43.0 Å². The molecule has 1 N–H and O–H groups in total. The molecule has 0 spiro atoms. The van der Waals surface area contributed by atoms with E-state index in [1.54, 1.807) is 11.3 Å². The maximum Gasteiger partial charge on any atom is 0.193 e. The molecule has 1 aromatic rings. The lowest BCUT2D eigenvalue weighted by molar-refractivity contribution is 0.408. The molecule has 1 atom stereocenters. The summed E-state index contributed by atoms with van der Waals surface area (Å²) in [4.78, 5) is 11.1. The molecule has 1 aromatic heterocycles. The molecule has 1 saturated heterocycles. The lowest BCUT2D eigenvalue weighted by Gasteiger charge is -2.34. The van der Waals surface area contributed by atoms with E-state index >= 15 is 0 Å². The number of nitrogens with zero attached hydrogens (tertiary/aromatic N) is 3. The maximum atomic E-state index is 4.43. The van der Waals surface area contributed by atoms with Gasteiger partial charge >= 0.3 is 0 Å². The Morgan fingerprint density at radius 1 is 1.59 bits per heavy atom. The van der Waals surface area contributed by atoms with Crippen LogP contribution in [0.5, 0.6) is 0 Å². The molecule has 0 bridgehead atoms. The van der Waals surface area contributed by atoms with Gasteiger partial charge in [-0.25, -0.2) is 4.98 Å². The first-order valence-electron chi connectivity index (χ1n) is 7.43. The molecule has 22 heavy (non-hydrogen) atoms. The molecule has 2 rings (SSSR count). The Morgan fingerprint density at radius 2 is 2.45 bits per heavy atom. The van der Waals surface area contributed by atoms with Gasteiger partial charge in [0.05, 0.1) is 0 Å². The highest BCUT2D eigenvalue weighted by molar-refractivity contribution is 14.0. The van der Waals surface area contributed by atoms with E-state index in [0.29, 0.717) is 0 Å². The van der Waals surface area contributed by atoms with E-state index < -0.39 is 0 Å². The topological polar surface area (TPSA) is 40.5 Å². The molecule has 1 unspecified atom stereocenters. The largest absolute Gasteiger partial charge is 0.356 e. The molecular formula is C14H25IN4S3. The van der Waals surface area contributed by atoms with E-state index in [9.17, 15) is 0 Å². The first-order chi connectivity index (χ1) is 10.3. The summed E-state index contributed by atoms with van der Waals surface area (Å²) in [5, 5.41) is 6.28. The van der Waals surface area contributed by atoms with Crippen LogP contribution in [0.1, 0.15) is 19.8 Å². The van der Waals surface area contributed by atoms with Crippen molar-refractivity contribution in [1.29, 1.82) is 0 Å². The summed E-state index contributed by atoms with van der Waals surface area (Å²) >= 11 is 5.64. The number of aliphatic imine (C=N–C) groups is 1. The highest BCUT2D eigenvalue weighted by Crippen LogP contribution is 2.21. The molecule has 2 heterocycles. The van der Waals surface area contributed by atoms with Crippen molar-refractivity contribution in [3.63, 3.8) is 0 Å². The van der Waals surface area contributed by atoms with Crippen LogP contribution in [0.4, 0.5) is 0 Å². The van der Waals surface area contributed by atoms with Crippen LogP contribution in [0.2, 0.25) is 0 Å². The molecule has 1 aliphatic rings. The van der Waals surface area contributed by atoms with Crippen molar-refractivity contribution in [2.24, 2.45) is 4.99 Å². The molecule has 0 aliphatic carbocycles. The molecular weight excluding hydrogens is 447 g/mol. The molecule has 0 radical (unpaired) electrons. The average Bonchev–Trinajstić information content (AvgIpc) is 3.04. The van der Waals surface area contributed by atoms with Crippen molar-refractivity contribution in [1.82, 2.24) is 15.2 Å². The van der Waals surface area contributed by atoms with Crippen molar-refractivity contribution in [2.75, 3.05) is 38.2 Å². The zero-order chi connectivity index (χ0) is 14.9. The normalized spacial score (nSPS) is 18.9. The first-order valence-corrected chi connectivity index (χ1v) is 10.3. The van der Waals surface area contributed by atoms with E-state index in [-0.39, 0.29) is 24.0 Å². The third-order valence-electron chi connectivity index (χ3n) is 3.34. The summed E-state index contributed by atoms with van der Waals surface area (Å²) in [7, 11) is 1.88. The highest BCUT2D eigenvalue weighted by atomic mass is 127. The fourth-order valence-corrected chi connectivity index (χ4v) is 5.03. The van der Waals surface area contributed by atoms with Gasteiger partial charge in [0.25, 0.3) is 0 Å². The van der Waals surface area contributed by atoms with Crippen molar-refractivity contribution in [2.45, 2.75) is 29.4 Å². The van der Waals surface area contributed by atoms with Crippen LogP contribution in [0.3, 0.4) is 0 Å². The Hall–Kier alpha value is 0.330. The molecule has 4 nitrogen and oxygen atoms in total. The second-order valence-corrected chi connectivity index (χ2v) is 8.47. The summed E-state index contributed by atoms with van der Waals surface area (Å²) in [5.74, 6) is 3.37. The number of hydrogen-bond donors (Lipinski definition) is 1. The molecule has 0 amide bonds. The number of thiazole rings is 1. The zero-order valence-electron chi connectivity index (χ0n) is 13.2. The quantitative estimate of drug-likeness (QED) is 0.225. The number of halogens is 1. The third kappa shape index (κ3) is 6.84. The van der Waals surface area contributed by atoms with Gasteiger partial charge in [-0.1, -0.05) is 18.7 Å². The Balaban J connectivity index is 0.00000242. The van der Waals surface area contributed by atoms with Gasteiger partial charge in [-0.2, -0.15) is 11.8 Å². The van der Waals surface area contributed by atoms with E-state index in [4.69, 9.17) is 0 Å². The van der Waals surface area contributed by atoms with Gasteiger partial charge < -0.3 is 10.2 Å². The maximum absolute atomic E-state index is 4.43. The molecule has 1 fully saturated rings. The van der Waals surface area contributed by atoms with Gasteiger partial charge in [0.2, 0.25) is 0 Å². The second-order valence-electron chi connectivity index (χ2n) is 4.82. The average molecular weight is 472 g/mol. The second kappa shape index (κ2) is 11.8. The predicted molar refractivity (Wildman–Crippen MR) is 112 cm³/mol. The Bertz CT molecular complexity index is 428. The van der Waals surface area contributed by atoms with Crippen LogP contribution in [0.15, 0.2) is 20.9 Å². The molecule has 126 valence electrons. The lowest BCUT2D eigenvalue weighted by atomic mass is 10.3. The molecule has 0 saturated carbocycles. The number of hydrogen-bond acceptors (Lipinski definition) is 5. The van der Waals surface area contributed by atoms with Crippen molar-refractivity contribution < 1.29 is 0 Å². The molecule has 1 aliphatic heterocycles. The molecule has 0 aromatic carbocycles. The van der Waals surface area contributed by atoms with Gasteiger partial charge in [0.1, 0.15) is 4.34 Å². The number of aromatic nitrogens is 1. The van der Waals surface area contributed by atoms with Gasteiger partial charge in [-0.3, -0.25) is 4.99 Å². The predicted octanol–water partition coefficient (Wildman–Crippen LogP) is 3.65. The van der Waals surface area contributed by atoms with Crippen LogP contribution < -0.4 is 5.32 Å². The number of thioether (sulfide) groups is 2. The summed E-state index contributed by atoms with van der Waals surface area (Å²) in [6.07, 6.45) is 4.23. The summed E-state index contributed by atoms with van der Waals surface area (Å²) < 4.78 is 1.17. The van der Waals surface area contributed by atoms with Crippen LogP contribution in [-0.4, -0.2) is 59.3 Å². The van der Waals surface area contributed by atoms with Crippen molar-refractivity contribution >= 4 is 64.8 Å². The zero-order valence-corrected chi connectivity index (χ0v) is 17.9. The van der Waals surface area contributed by atoms with Gasteiger partial charge in [0, 0.05) is 55.0 Å². The Morgan fingerprint density at radius 3 is 3.14 bits per heavy atom. The standard InChI is InChI=1S/C14H24N4S3.HI/c1-3-12-11-18(7-10-19-12)13(15-2)16-5-4-8-20-14-17-6-9-21-14;/h6,9,12H,3-5,7-8,10-11H2,1-2H3,(H,15,16);1H. The van der Waals surface area contributed by atoms with Crippen LogP contribution in [-0.2, 0) is 0 Å². The molecule has 8 heteroatoms. The minimum Gasteiger partial charge on any atom is -0.356 e. The van der Waals surface area contributed by atoms with E-state index in [1.165, 1.54) is 16.5 Å². The van der Waals surface area contributed by atoms with E-state index in [2.05, 4.69) is 38.9 Å². The van der Waals surface area contributed by atoms with Crippen LogP contribution in [0, 0.1) is 0 Å². The van der Waals surface area contributed by atoms with Crippen LogP contribution >= 0.6 is 58.8 Å². The fourth-order valence-electron chi connectivity index (χ4n) is 2.20. The summed E-state index contributed by atoms with van der Waals surface area (Å²) in [6.45, 7) is 5.47. The fraction of sp³-hybridized carbons (Fsp3) is 0.714. The monoisotopic (exact) mass is 472 g/mol. The minimum absolute atomic E-state index is 0. The number of nitrogens with one attached hydrogen (secondary N) is 1. The minimum atomic E-state index is 0.